The lowest BCUT2D eigenvalue weighted by atomic mass is 9.89. The van der Waals surface area contributed by atoms with E-state index in [-0.39, 0.29) is 12.0 Å². The average Bonchev–Trinajstić information content (AvgIpc) is 3.33. The number of aliphatic hydroxyl groups is 1. The Morgan fingerprint density at radius 1 is 1.16 bits per heavy atom. The molecule has 0 aliphatic carbocycles. The molecule has 0 aliphatic heterocycles. The van der Waals surface area contributed by atoms with E-state index >= 15 is 0 Å². The minimum absolute atomic E-state index is 0.100. The summed E-state index contributed by atoms with van der Waals surface area (Å²) < 4.78 is 21.0. The van der Waals surface area contributed by atoms with E-state index < -0.39 is 30.3 Å². The third-order valence-corrected chi connectivity index (χ3v) is 6.40. The van der Waals surface area contributed by atoms with Gasteiger partial charge in [0.25, 0.3) is 0 Å². The smallest absolute Gasteiger partial charge is 0.407 e. The fraction of sp³-hybridized carbons (Fsp3) is 0.483. The van der Waals surface area contributed by atoms with E-state index in [9.17, 15) is 14.3 Å². The number of aromatic nitrogens is 3. The van der Waals surface area contributed by atoms with Gasteiger partial charge in [0.1, 0.15) is 11.9 Å². The first-order valence-corrected chi connectivity index (χ1v) is 13.2. The van der Waals surface area contributed by atoms with Crippen molar-refractivity contribution in [3.05, 3.63) is 66.2 Å². The molecule has 0 spiro atoms. The van der Waals surface area contributed by atoms with Crippen LogP contribution < -0.4 is 10.6 Å². The highest BCUT2D eigenvalue weighted by molar-refractivity contribution is 5.68. The molecule has 3 rings (SSSR count). The predicted octanol–water partition coefficient (Wildman–Crippen LogP) is 5.57. The maximum Gasteiger partial charge on any atom is 0.407 e. The molecule has 9 heteroatoms. The van der Waals surface area contributed by atoms with Crippen LogP contribution in [0.25, 0.3) is 11.3 Å². The van der Waals surface area contributed by atoms with Crippen LogP contribution >= 0.6 is 0 Å². The van der Waals surface area contributed by atoms with Gasteiger partial charge >= 0.3 is 6.09 Å². The van der Waals surface area contributed by atoms with E-state index in [2.05, 4.69) is 20.7 Å². The van der Waals surface area contributed by atoms with Gasteiger partial charge < -0.3 is 20.5 Å². The molecule has 3 atom stereocenters. The molecule has 206 valence electrons. The first-order valence-electron chi connectivity index (χ1n) is 13.2. The zero-order valence-corrected chi connectivity index (χ0v) is 22.9. The van der Waals surface area contributed by atoms with Crippen LogP contribution in [0.5, 0.6) is 0 Å². The van der Waals surface area contributed by atoms with Gasteiger partial charge in [-0.15, -0.1) is 0 Å². The standard InChI is InChI=1S/C29H40FN5O3/c1-6-7-9-23(24(36)18-31-27-11-8-10-26(30)33-27)32-28(37)38-25(29(3,4)5)19-35-17-16-22(34-35)21-14-12-20(2)13-15-21/h8,10-17,23-25,36H,6-7,9,18-19H2,1-5H3,(H,31,33)(H,32,37)/t23-,24-,25+/m0/s1. The highest BCUT2D eigenvalue weighted by atomic mass is 19.1. The summed E-state index contributed by atoms with van der Waals surface area (Å²) in [6, 6.07) is 14.0. The number of halogens is 1. The number of aliphatic hydroxyl groups excluding tert-OH is 1. The average molecular weight is 526 g/mol. The van der Waals surface area contributed by atoms with E-state index in [1.54, 1.807) is 10.7 Å². The molecule has 3 N–H and O–H groups in total. The topological polar surface area (TPSA) is 101 Å². The number of alkyl carbamates (subject to hydrolysis) is 1. The van der Waals surface area contributed by atoms with Crippen LogP contribution in [-0.2, 0) is 11.3 Å². The van der Waals surface area contributed by atoms with Gasteiger partial charge in [-0.2, -0.15) is 9.49 Å². The van der Waals surface area contributed by atoms with Crippen LogP contribution in [0.3, 0.4) is 0 Å². The Hall–Kier alpha value is -3.46. The lowest BCUT2D eigenvalue weighted by Crippen LogP contribution is -2.48. The van der Waals surface area contributed by atoms with Gasteiger partial charge in [0.15, 0.2) is 0 Å². The Balaban J connectivity index is 1.63. The number of pyridine rings is 1. The molecular weight excluding hydrogens is 485 g/mol. The number of aryl methyl sites for hydroxylation is 1. The third-order valence-electron chi connectivity index (χ3n) is 6.40. The lowest BCUT2D eigenvalue weighted by Gasteiger charge is -2.31. The number of ether oxygens (including phenoxy) is 1. The highest BCUT2D eigenvalue weighted by Gasteiger charge is 2.31. The van der Waals surface area contributed by atoms with Crippen LogP contribution in [0.15, 0.2) is 54.7 Å². The van der Waals surface area contributed by atoms with Crippen LogP contribution in [0.1, 0.15) is 52.5 Å². The van der Waals surface area contributed by atoms with Gasteiger partial charge in [0, 0.05) is 23.7 Å². The van der Waals surface area contributed by atoms with E-state index in [0.717, 1.165) is 24.1 Å². The van der Waals surface area contributed by atoms with Gasteiger partial charge in [-0.3, -0.25) is 4.68 Å². The van der Waals surface area contributed by atoms with Gasteiger partial charge in [-0.1, -0.05) is 76.4 Å². The molecular formula is C29H40FN5O3. The fourth-order valence-corrected chi connectivity index (χ4v) is 3.96. The molecule has 0 radical (unpaired) electrons. The van der Waals surface area contributed by atoms with Crippen molar-refractivity contribution >= 4 is 11.9 Å². The Labute approximate surface area is 224 Å². The number of nitrogens with one attached hydrogen (secondary N) is 2. The van der Waals surface area contributed by atoms with Crippen LogP contribution in [0.2, 0.25) is 0 Å². The highest BCUT2D eigenvalue weighted by Crippen LogP contribution is 2.25. The lowest BCUT2D eigenvalue weighted by molar-refractivity contribution is 0.0129. The first kappa shape index (κ1) is 29.1. The number of anilines is 1. The molecule has 0 fully saturated rings. The fourth-order valence-electron chi connectivity index (χ4n) is 3.96. The van der Waals surface area contributed by atoms with Crippen molar-refractivity contribution < 1.29 is 19.0 Å². The number of unbranched alkanes of at least 4 members (excludes halogenated alkanes) is 1. The Morgan fingerprint density at radius 2 is 1.89 bits per heavy atom. The van der Waals surface area contributed by atoms with Crippen LogP contribution in [0.4, 0.5) is 15.0 Å². The molecule has 0 aliphatic rings. The number of rotatable bonds is 12. The number of nitrogens with zero attached hydrogens (tertiary/aromatic N) is 3. The second kappa shape index (κ2) is 13.4. The molecule has 0 bridgehead atoms. The van der Waals surface area contributed by atoms with Gasteiger partial charge in [0.2, 0.25) is 5.95 Å². The Bertz CT molecular complexity index is 1160. The zero-order chi connectivity index (χ0) is 27.7. The summed E-state index contributed by atoms with van der Waals surface area (Å²) in [6.07, 6.45) is 2.20. The Morgan fingerprint density at radius 3 is 2.55 bits per heavy atom. The van der Waals surface area contributed by atoms with Crippen molar-refractivity contribution in [2.45, 2.75) is 78.7 Å². The molecule has 8 nitrogen and oxygen atoms in total. The number of hydrogen-bond donors (Lipinski definition) is 3. The van der Waals surface area contributed by atoms with Gasteiger partial charge in [0.05, 0.1) is 24.4 Å². The number of carbonyl (C=O) groups is 1. The van der Waals surface area contributed by atoms with Crippen LogP contribution in [-0.4, -0.2) is 50.8 Å². The SMILES string of the molecule is CCCC[C@H](NC(=O)O[C@H](Cn1ccc(-c2ccc(C)cc2)n1)C(C)(C)C)[C@@H](O)CNc1cccc(F)n1. The van der Waals surface area contributed by atoms with Crippen molar-refractivity contribution in [1.82, 2.24) is 20.1 Å². The van der Waals surface area contributed by atoms with E-state index in [0.29, 0.717) is 18.8 Å². The second-order valence-electron chi connectivity index (χ2n) is 10.7. The summed E-state index contributed by atoms with van der Waals surface area (Å²) >= 11 is 0. The minimum atomic E-state index is -0.921. The van der Waals surface area contributed by atoms with E-state index in [4.69, 9.17) is 4.74 Å². The quantitative estimate of drug-likeness (QED) is 0.268. The summed E-state index contributed by atoms with van der Waals surface area (Å²) in [4.78, 5) is 16.7. The van der Waals surface area contributed by atoms with E-state index in [1.807, 2.05) is 71.1 Å². The maximum atomic E-state index is 13.4. The second-order valence-corrected chi connectivity index (χ2v) is 10.7. The summed E-state index contributed by atoms with van der Waals surface area (Å²) in [5.41, 5.74) is 2.71. The number of hydrogen-bond acceptors (Lipinski definition) is 6. The summed E-state index contributed by atoms with van der Waals surface area (Å²) in [6.45, 7) is 10.6. The van der Waals surface area contributed by atoms with E-state index in [1.165, 1.54) is 17.7 Å². The minimum Gasteiger partial charge on any atom is -0.444 e. The van der Waals surface area contributed by atoms with Crippen molar-refractivity contribution in [1.29, 1.82) is 0 Å². The van der Waals surface area contributed by atoms with Crippen molar-refractivity contribution in [3.8, 4) is 11.3 Å². The number of carbonyl (C=O) groups excluding carboxylic acids is 1. The molecule has 0 saturated carbocycles. The van der Waals surface area contributed by atoms with Crippen molar-refractivity contribution in [2.24, 2.45) is 5.41 Å². The molecule has 1 aromatic carbocycles. The maximum absolute atomic E-state index is 13.4. The van der Waals surface area contributed by atoms with Crippen molar-refractivity contribution in [3.63, 3.8) is 0 Å². The third kappa shape index (κ3) is 8.83. The normalized spacial score (nSPS) is 14.0. The van der Waals surface area contributed by atoms with Crippen LogP contribution in [0, 0.1) is 18.3 Å². The Kier molecular flexibility index (Phi) is 10.2. The molecule has 0 unspecified atom stereocenters. The predicted molar refractivity (Wildman–Crippen MR) is 147 cm³/mol. The van der Waals surface area contributed by atoms with Crippen molar-refractivity contribution in [2.75, 3.05) is 11.9 Å². The van der Waals surface area contributed by atoms with Gasteiger partial charge in [-0.05, 0) is 31.5 Å². The first-order chi connectivity index (χ1) is 18.0. The summed E-state index contributed by atoms with van der Waals surface area (Å²) in [7, 11) is 0. The molecule has 3 aromatic rings. The molecule has 2 aromatic heterocycles. The molecule has 0 saturated heterocycles. The molecule has 1 amide bonds. The molecule has 38 heavy (non-hydrogen) atoms. The largest absolute Gasteiger partial charge is 0.444 e. The summed E-state index contributed by atoms with van der Waals surface area (Å²) in [5, 5.41) is 21.3. The number of amides is 1. The van der Waals surface area contributed by atoms with Gasteiger partial charge in [-0.25, -0.2) is 9.78 Å². The monoisotopic (exact) mass is 525 g/mol. The zero-order valence-electron chi connectivity index (χ0n) is 22.9. The molecule has 2 heterocycles. The summed E-state index contributed by atoms with van der Waals surface area (Å²) in [5.74, 6) is -0.289. The number of benzene rings is 1.